The van der Waals surface area contributed by atoms with E-state index in [2.05, 4.69) is 20.6 Å². The number of aromatic amines is 1. The lowest BCUT2D eigenvalue weighted by molar-refractivity contribution is -0.384. The average molecular weight is 470 g/mol. The van der Waals surface area contributed by atoms with Crippen LogP contribution in [0.25, 0.3) is 33.7 Å². The maximum atomic E-state index is 13.5. The third-order valence-electron chi connectivity index (χ3n) is 5.27. The zero-order valence-corrected chi connectivity index (χ0v) is 17.8. The van der Waals surface area contributed by atoms with Crippen LogP contribution in [0, 0.1) is 15.9 Å². The molecule has 11 heteroatoms. The van der Waals surface area contributed by atoms with Gasteiger partial charge in [0.15, 0.2) is 11.3 Å². The van der Waals surface area contributed by atoms with Crippen LogP contribution in [0.2, 0.25) is 0 Å². The number of carbonyl (C=O) groups excluding carboxylic acids is 1. The largest absolute Gasteiger partial charge is 0.298 e. The fraction of sp³-hybridized carbons (Fsp3) is 0. The smallest absolute Gasteiger partial charge is 0.270 e. The Kier molecular flexibility index (Phi) is 5.34. The van der Waals surface area contributed by atoms with E-state index in [1.165, 1.54) is 36.4 Å². The van der Waals surface area contributed by atoms with Gasteiger partial charge >= 0.3 is 0 Å². The van der Waals surface area contributed by atoms with Gasteiger partial charge in [-0.1, -0.05) is 42.5 Å². The van der Waals surface area contributed by atoms with Crippen LogP contribution in [0.15, 0.2) is 83.7 Å². The molecule has 3 aromatic carbocycles. The molecule has 1 amide bonds. The van der Waals surface area contributed by atoms with Crippen molar-refractivity contribution in [3.63, 3.8) is 0 Å². The molecule has 0 atom stereocenters. The number of rotatable bonds is 5. The van der Waals surface area contributed by atoms with Crippen molar-refractivity contribution in [3.05, 3.63) is 111 Å². The van der Waals surface area contributed by atoms with Crippen molar-refractivity contribution >= 4 is 22.6 Å². The number of nitro groups is 1. The van der Waals surface area contributed by atoms with Gasteiger partial charge in [-0.05, 0) is 24.3 Å². The van der Waals surface area contributed by atoms with Gasteiger partial charge in [0.2, 0.25) is 0 Å². The van der Waals surface area contributed by atoms with Gasteiger partial charge < -0.3 is 0 Å². The number of amides is 1. The molecule has 10 nitrogen and oxygen atoms in total. The Morgan fingerprint density at radius 3 is 2.43 bits per heavy atom. The zero-order chi connectivity index (χ0) is 24.5. The number of hydrogen-bond donors (Lipinski definition) is 2. The summed E-state index contributed by atoms with van der Waals surface area (Å²) in [4.78, 5) is 41.6. The molecule has 2 N–H and O–H groups in total. The van der Waals surface area contributed by atoms with E-state index in [0.717, 1.165) is 16.8 Å². The molecule has 5 aromatic rings. The summed E-state index contributed by atoms with van der Waals surface area (Å²) in [5.41, 5.74) is 3.24. The molecule has 35 heavy (non-hydrogen) atoms. The highest BCUT2D eigenvalue weighted by atomic mass is 19.1. The van der Waals surface area contributed by atoms with Gasteiger partial charge in [-0.15, -0.1) is 0 Å². The summed E-state index contributed by atoms with van der Waals surface area (Å²) in [5, 5.41) is 18.2. The second-order valence-electron chi connectivity index (χ2n) is 7.49. The molecule has 2 aromatic heterocycles. The van der Waals surface area contributed by atoms with Crippen molar-refractivity contribution < 1.29 is 14.1 Å². The quantitative estimate of drug-likeness (QED) is 0.296. The number of aromatic nitrogens is 4. The predicted octanol–water partition coefficient (Wildman–Crippen LogP) is 3.88. The second kappa shape index (κ2) is 8.63. The predicted molar refractivity (Wildman–Crippen MR) is 126 cm³/mol. The van der Waals surface area contributed by atoms with Crippen LogP contribution >= 0.6 is 0 Å². The molecule has 0 saturated heterocycles. The molecule has 0 radical (unpaired) electrons. The Bertz CT molecular complexity index is 1650. The lowest BCUT2D eigenvalue weighted by Gasteiger charge is -2.14. The third kappa shape index (κ3) is 4.02. The minimum Gasteiger partial charge on any atom is -0.270 e. The summed E-state index contributed by atoms with van der Waals surface area (Å²) in [6.45, 7) is 0. The molecular formula is C24H15FN6O4. The van der Waals surface area contributed by atoms with Crippen LogP contribution in [0.4, 0.5) is 10.1 Å². The molecule has 0 spiro atoms. The van der Waals surface area contributed by atoms with Gasteiger partial charge in [0, 0.05) is 28.8 Å². The van der Waals surface area contributed by atoms with Crippen LogP contribution in [0.5, 0.6) is 0 Å². The summed E-state index contributed by atoms with van der Waals surface area (Å²) in [6, 6.07) is 19.3. The molecular weight excluding hydrogens is 455 g/mol. The van der Waals surface area contributed by atoms with E-state index in [-0.39, 0.29) is 33.7 Å². The Morgan fingerprint density at radius 2 is 1.71 bits per heavy atom. The highest BCUT2D eigenvalue weighted by molar-refractivity contribution is 6.00. The van der Waals surface area contributed by atoms with Gasteiger partial charge in [0.1, 0.15) is 17.0 Å². The molecule has 0 bridgehead atoms. The summed E-state index contributed by atoms with van der Waals surface area (Å²) in [5.74, 6) is -1.27. The number of halogens is 1. The van der Waals surface area contributed by atoms with Crippen molar-refractivity contribution in [2.24, 2.45) is 0 Å². The molecule has 0 saturated carbocycles. The van der Waals surface area contributed by atoms with Crippen LogP contribution in [-0.4, -0.2) is 30.7 Å². The topological polar surface area (TPSA) is 136 Å². The molecule has 0 aliphatic heterocycles. The number of H-pyrrole nitrogens is 1. The zero-order valence-electron chi connectivity index (χ0n) is 17.8. The van der Waals surface area contributed by atoms with Gasteiger partial charge in [-0.3, -0.25) is 30.2 Å². The van der Waals surface area contributed by atoms with Crippen LogP contribution in [-0.2, 0) is 0 Å². The molecule has 5 rings (SSSR count). The highest BCUT2D eigenvalue weighted by Crippen LogP contribution is 2.27. The van der Waals surface area contributed by atoms with Crippen LogP contribution in [0.3, 0.4) is 0 Å². The Morgan fingerprint density at radius 1 is 1.00 bits per heavy atom. The first-order valence-corrected chi connectivity index (χ1v) is 10.3. The van der Waals surface area contributed by atoms with E-state index >= 15 is 0 Å². The second-order valence-corrected chi connectivity index (χ2v) is 7.49. The number of hydrogen-bond acceptors (Lipinski definition) is 6. The Labute approximate surface area is 195 Å². The lowest BCUT2D eigenvalue weighted by atomic mass is 10.1. The first-order chi connectivity index (χ1) is 16.9. The van der Waals surface area contributed by atoms with Crippen molar-refractivity contribution in [3.8, 4) is 22.6 Å². The number of carbonyl (C=O) groups is 1. The van der Waals surface area contributed by atoms with Gasteiger partial charge in [-0.2, -0.15) is 9.77 Å². The number of non-ortho nitro benzene ring substituents is 1. The van der Waals surface area contributed by atoms with Gasteiger partial charge in [-0.25, -0.2) is 9.37 Å². The molecule has 172 valence electrons. The van der Waals surface area contributed by atoms with E-state index < -0.39 is 22.2 Å². The summed E-state index contributed by atoms with van der Waals surface area (Å²) >= 11 is 0. The van der Waals surface area contributed by atoms with Gasteiger partial charge in [0.25, 0.3) is 17.2 Å². The fourth-order valence-electron chi connectivity index (χ4n) is 3.58. The van der Waals surface area contributed by atoms with Crippen molar-refractivity contribution in [2.45, 2.75) is 0 Å². The molecule has 0 aliphatic rings. The normalized spacial score (nSPS) is 10.9. The molecule has 0 unspecified atom stereocenters. The SMILES string of the molecule is O=C(Nn1c(-c2cccc([N+](=O)[O-])c2)nc2c(-c3ccccc3)n[nH]c2c1=O)c1ccc(F)cc1. The van der Waals surface area contributed by atoms with E-state index in [9.17, 15) is 24.1 Å². The van der Waals surface area contributed by atoms with E-state index in [0.29, 0.717) is 11.3 Å². The van der Waals surface area contributed by atoms with E-state index in [1.807, 2.05) is 18.2 Å². The van der Waals surface area contributed by atoms with E-state index in [4.69, 9.17) is 0 Å². The monoisotopic (exact) mass is 470 g/mol. The van der Waals surface area contributed by atoms with Crippen LogP contribution < -0.4 is 11.0 Å². The Balaban J connectivity index is 1.72. The maximum Gasteiger partial charge on any atom is 0.298 e. The average Bonchev–Trinajstić information content (AvgIpc) is 3.31. The minimum atomic E-state index is -0.706. The van der Waals surface area contributed by atoms with Gasteiger partial charge in [0.05, 0.1) is 4.92 Å². The summed E-state index contributed by atoms with van der Waals surface area (Å²) < 4.78 is 14.2. The number of nitrogens with zero attached hydrogens (tertiary/aromatic N) is 4. The number of fused-ring (bicyclic) bond motifs is 1. The molecule has 0 fully saturated rings. The van der Waals surface area contributed by atoms with Crippen molar-refractivity contribution in [1.29, 1.82) is 0 Å². The standard InChI is InChI=1S/C24H15FN6O4/c25-17-11-9-15(10-12-17)23(32)29-30-22(16-7-4-8-18(13-16)31(34)35)26-20-19(14-5-2-1-3-6-14)27-28-21(20)24(30)33/h1-13H,(H,27,28)(H,29,32). The first-order valence-electron chi connectivity index (χ1n) is 10.3. The number of benzene rings is 3. The fourth-order valence-corrected chi connectivity index (χ4v) is 3.58. The number of nitro benzene ring substituents is 1. The highest BCUT2D eigenvalue weighted by Gasteiger charge is 2.21. The molecule has 2 heterocycles. The lowest BCUT2D eigenvalue weighted by Crippen LogP contribution is -2.35. The maximum absolute atomic E-state index is 13.5. The summed E-state index contributed by atoms with van der Waals surface area (Å²) in [6.07, 6.45) is 0. The third-order valence-corrected chi connectivity index (χ3v) is 5.27. The minimum absolute atomic E-state index is 0.0254. The first kappa shape index (κ1) is 21.6. The van der Waals surface area contributed by atoms with E-state index in [1.54, 1.807) is 12.1 Å². The van der Waals surface area contributed by atoms with Crippen LogP contribution in [0.1, 0.15) is 10.4 Å². The van der Waals surface area contributed by atoms with Crippen molar-refractivity contribution in [1.82, 2.24) is 19.9 Å². The molecule has 0 aliphatic carbocycles. The Hall–Kier alpha value is -5.19. The summed E-state index contributed by atoms with van der Waals surface area (Å²) in [7, 11) is 0. The number of nitrogens with one attached hydrogen (secondary N) is 2. The van der Waals surface area contributed by atoms with Crippen molar-refractivity contribution in [2.75, 3.05) is 5.43 Å².